The van der Waals surface area contributed by atoms with E-state index < -0.39 is 0 Å². The predicted octanol–water partition coefficient (Wildman–Crippen LogP) is 1.26. The summed E-state index contributed by atoms with van der Waals surface area (Å²) in [4.78, 5) is 13.7. The van der Waals surface area contributed by atoms with Crippen LogP contribution >= 0.6 is 0 Å². The molecule has 1 amide bonds. The van der Waals surface area contributed by atoms with Crippen LogP contribution in [0, 0.1) is 17.3 Å². The number of carbonyl (C=O) groups is 1. The van der Waals surface area contributed by atoms with Gasteiger partial charge in [0.2, 0.25) is 5.91 Å². The van der Waals surface area contributed by atoms with Gasteiger partial charge in [-0.1, -0.05) is 13.8 Å². The van der Waals surface area contributed by atoms with Crippen molar-refractivity contribution in [1.29, 1.82) is 0 Å². The number of aliphatic hydroxyl groups excluding tert-OH is 1. The van der Waals surface area contributed by atoms with Crippen molar-refractivity contribution in [2.75, 3.05) is 19.7 Å². The highest BCUT2D eigenvalue weighted by molar-refractivity contribution is 5.78. The summed E-state index contributed by atoms with van der Waals surface area (Å²) in [5.41, 5.74) is 0.403. The minimum atomic E-state index is 0.150. The van der Waals surface area contributed by atoms with Gasteiger partial charge in [0.25, 0.3) is 0 Å². The van der Waals surface area contributed by atoms with E-state index >= 15 is 0 Å². The van der Waals surface area contributed by atoms with Gasteiger partial charge in [-0.15, -0.1) is 0 Å². The lowest BCUT2D eigenvalue weighted by atomic mass is 9.92. The molecule has 1 aliphatic carbocycles. The van der Waals surface area contributed by atoms with E-state index in [1.54, 1.807) is 0 Å². The van der Waals surface area contributed by atoms with E-state index in [0.717, 1.165) is 13.1 Å². The largest absolute Gasteiger partial charge is 0.396 e. The van der Waals surface area contributed by atoms with E-state index in [1.807, 2.05) is 4.90 Å². The number of amides is 1. The van der Waals surface area contributed by atoms with Crippen molar-refractivity contribution in [3.63, 3.8) is 0 Å². The fourth-order valence-corrected chi connectivity index (χ4v) is 2.59. The number of hydrogen-bond acceptors (Lipinski definition) is 2. The summed E-state index contributed by atoms with van der Waals surface area (Å²) in [6.45, 7) is 6.33. The lowest BCUT2D eigenvalue weighted by Gasteiger charge is -2.26. The van der Waals surface area contributed by atoms with E-state index in [2.05, 4.69) is 13.8 Å². The minimum Gasteiger partial charge on any atom is -0.396 e. The van der Waals surface area contributed by atoms with Crippen LogP contribution in [0.15, 0.2) is 0 Å². The molecule has 0 aromatic rings. The van der Waals surface area contributed by atoms with Gasteiger partial charge in [0.1, 0.15) is 0 Å². The van der Waals surface area contributed by atoms with Crippen LogP contribution in [0.2, 0.25) is 0 Å². The summed E-state index contributed by atoms with van der Waals surface area (Å²) in [7, 11) is 0. The monoisotopic (exact) mass is 211 g/mol. The van der Waals surface area contributed by atoms with Crippen molar-refractivity contribution in [1.82, 2.24) is 4.90 Å². The second-order valence-electron chi connectivity index (χ2n) is 5.54. The zero-order valence-corrected chi connectivity index (χ0v) is 9.70. The summed E-state index contributed by atoms with van der Waals surface area (Å²) in [5.74, 6) is 1.08. The predicted molar refractivity (Wildman–Crippen MR) is 58.3 cm³/mol. The highest BCUT2D eigenvalue weighted by Gasteiger charge is 2.48. The fourth-order valence-electron chi connectivity index (χ4n) is 2.59. The average Bonchev–Trinajstić information content (AvgIpc) is 2.88. The first-order chi connectivity index (χ1) is 7.07. The Morgan fingerprint density at radius 1 is 1.53 bits per heavy atom. The van der Waals surface area contributed by atoms with Crippen molar-refractivity contribution in [2.24, 2.45) is 17.3 Å². The molecular weight excluding hydrogens is 190 g/mol. The van der Waals surface area contributed by atoms with Crippen LogP contribution in [0.1, 0.15) is 33.1 Å². The molecule has 1 saturated carbocycles. The third kappa shape index (κ3) is 2.03. The third-order valence-corrected chi connectivity index (χ3v) is 4.18. The molecule has 1 heterocycles. The van der Waals surface area contributed by atoms with Gasteiger partial charge < -0.3 is 10.0 Å². The quantitative estimate of drug-likeness (QED) is 0.760. The van der Waals surface area contributed by atoms with Gasteiger partial charge in [0.05, 0.1) is 0 Å². The van der Waals surface area contributed by atoms with Crippen molar-refractivity contribution in [3.8, 4) is 0 Å². The molecule has 1 saturated heterocycles. The molecule has 86 valence electrons. The maximum Gasteiger partial charge on any atom is 0.223 e. The Morgan fingerprint density at radius 2 is 2.20 bits per heavy atom. The van der Waals surface area contributed by atoms with Crippen LogP contribution in [0.5, 0.6) is 0 Å². The molecule has 2 aliphatic rings. The summed E-state index contributed by atoms with van der Waals surface area (Å²) >= 11 is 0. The maximum atomic E-state index is 11.7. The summed E-state index contributed by atoms with van der Waals surface area (Å²) < 4.78 is 0. The average molecular weight is 211 g/mol. The van der Waals surface area contributed by atoms with Gasteiger partial charge in [-0.05, 0) is 24.2 Å². The van der Waals surface area contributed by atoms with Crippen LogP contribution < -0.4 is 0 Å². The van der Waals surface area contributed by atoms with Crippen molar-refractivity contribution < 1.29 is 9.90 Å². The number of nitrogens with zero attached hydrogens (tertiary/aromatic N) is 1. The van der Waals surface area contributed by atoms with Crippen molar-refractivity contribution in [2.45, 2.75) is 33.1 Å². The van der Waals surface area contributed by atoms with E-state index in [1.165, 1.54) is 12.8 Å². The van der Waals surface area contributed by atoms with Gasteiger partial charge in [-0.25, -0.2) is 0 Å². The molecule has 15 heavy (non-hydrogen) atoms. The molecule has 0 aromatic heterocycles. The van der Waals surface area contributed by atoms with Gasteiger partial charge in [0, 0.05) is 32.0 Å². The minimum absolute atomic E-state index is 0.150. The lowest BCUT2D eigenvalue weighted by Crippen LogP contribution is -2.34. The molecule has 1 aliphatic heterocycles. The summed E-state index contributed by atoms with van der Waals surface area (Å²) in [6, 6.07) is 0. The molecule has 0 spiro atoms. The fraction of sp³-hybridized carbons (Fsp3) is 0.917. The van der Waals surface area contributed by atoms with Gasteiger partial charge in [-0.2, -0.15) is 0 Å². The number of likely N-dealkylation sites (tertiary alicyclic amines) is 1. The van der Waals surface area contributed by atoms with E-state index in [4.69, 9.17) is 5.11 Å². The molecule has 1 atom stereocenters. The first-order valence-electron chi connectivity index (χ1n) is 5.96. The van der Waals surface area contributed by atoms with Gasteiger partial charge in [0.15, 0.2) is 0 Å². The highest BCUT2D eigenvalue weighted by Crippen LogP contribution is 2.52. The van der Waals surface area contributed by atoms with Crippen molar-refractivity contribution >= 4 is 5.91 Å². The van der Waals surface area contributed by atoms with Crippen LogP contribution in [0.4, 0.5) is 0 Å². The van der Waals surface area contributed by atoms with Gasteiger partial charge in [-0.3, -0.25) is 4.79 Å². The van der Waals surface area contributed by atoms with E-state index in [0.29, 0.717) is 17.8 Å². The smallest absolute Gasteiger partial charge is 0.223 e. The van der Waals surface area contributed by atoms with E-state index in [-0.39, 0.29) is 18.4 Å². The van der Waals surface area contributed by atoms with E-state index in [9.17, 15) is 4.79 Å². The Kier molecular flexibility index (Phi) is 2.75. The Hall–Kier alpha value is -0.570. The molecule has 0 aromatic carbocycles. The normalized spacial score (nSPS) is 28.9. The third-order valence-electron chi connectivity index (χ3n) is 4.18. The maximum absolute atomic E-state index is 11.7. The first kappa shape index (κ1) is 10.9. The SMILES string of the molecule is CC(C)C1(CN2CC(CO)CC2=O)CC1. The first-order valence-corrected chi connectivity index (χ1v) is 5.96. The Balaban J connectivity index is 1.93. The molecule has 2 rings (SSSR count). The topological polar surface area (TPSA) is 40.5 Å². The Bertz CT molecular complexity index is 258. The highest BCUT2D eigenvalue weighted by atomic mass is 16.3. The molecule has 3 heteroatoms. The van der Waals surface area contributed by atoms with Crippen molar-refractivity contribution in [3.05, 3.63) is 0 Å². The second kappa shape index (κ2) is 3.78. The molecule has 2 fully saturated rings. The molecule has 3 nitrogen and oxygen atoms in total. The number of carbonyl (C=O) groups excluding carboxylic acids is 1. The van der Waals surface area contributed by atoms with Crippen LogP contribution in [-0.4, -0.2) is 35.6 Å². The zero-order chi connectivity index (χ0) is 11.1. The van der Waals surface area contributed by atoms with Crippen LogP contribution in [-0.2, 0) is 4.79 Å². The number of rotatable bonds is 4. The Morgan fingerprint density at radius 3 is 2.60 bits per heavy atom. The molecule has 1 N–H and O–H groups in total. The van der Waals surface area contributed by atoms with Crippen LogP contribution in [0.25, 0.3) is 0 Å². The number of hydrogen-bond donors (Lipinski definition) is 1. The molecule has 0 radical (unpaired) electrons. The number of aliphatic hydroxyl groups is 1. The van der Waals surface area contributed by atoms with Gasteiger partial charge >= 0.3 is 0 Å². The Labute approximate surface area is 91.5 Å². The second-order valence-corrected chi connectivity index (χ2v) is 5.54. The molecule has 0 bridgehead atoms. The van der Waals surface area contributed by atoms with Crippen LogP contribution in [0.3, 0.4) is 0 Å². The molecule has 1 unspecified atom stereocenters. The zero-order valence-electron chi connectivity index (χ0n) is 9.70. The summed E-state index contributed by atoms with van der Waals surface area (Å²) in [6.07, 6.45) is 3.07. The lowest BCUT2D eigenvalue weighted by molar-refractivity contribution is -0.128. The summed E-state index contributed by atoms with van der Waals surface area (Å²) in [5, 5.41) is 9.05. The standard InChI is InChI=1S/C12H21NO2/c1-9(2)12(3-4-12)8-13-6-10(7-14)5-11(13)15/h9-10,14H,3-8H2,1-2H3. The molecular formula is C12H21NO2.